The van der Waals surface area contributed by atoms with E-state index in [4.69, 9.17) is 4.74 Å². The van der Waals surface area contributed by atoms with Crippen molar-refractivity contribution in [3.8, 4) is 17.6 Å². The Balaban J connectivity index is 2.52. The number of halogens is 1. The van der Waals surface area contributed by atoms with Crippen molar-refractivity contribution < 1.29 is 13.9 Å². The molecule has 0 amide bonds. The van der Waals surface area contributed by atoms with Gasteiger partial charge in [0.25, 0.3) is 0 Å². The smallest absolute Gasteiger partial charge is 0.342 e. The quantitative estimate of drug-likeness (QED) is 0.260. The Labute approximate surface area is 117 Å². The fourth-order valence-electron chi connectivity index (χ4n) is 1.32. The van der Waals surface area contributed by atoms with Gasteiger partial charge in [0.2, 0.25) is 0 Å². The number of carbonyl (C=O) groups is 1. The first kappa shape index (κ1) is 15.6. The number of alkyl halides is 1. The summed E-state index contributed by atoms with van der Waals surface area (Å²) in [7, 11) is 0. The Bertz CT molecular complexity index is 463. The van der Waals surface area contributed by atoms with Crippen molar-refractivity contribution in [2.24, 2.45) is 0 Å². The summed E-state index contributed by atoms with van der Waals surface area (Å²) in [5, 5.41) is 0. The van der Waals surface area contributed by atoms with Crippen LogP contribution in [0.15, 0.2) is 29.2 Å². The van der Waals surface area contributed by atoms with E-state index < -0.39 is 12.6 Å². The molecule has 102 valence electrons. The highest BCUT2D eigenvalue weighted by molar-refractivity contribution is 7.99. The summed E-state index contributed by atoms with van der Waals surface area (Å²) < 4.78 is 17.0. The lowest BCUT2D eigenvalue weighted by molar-refractivity contribution is -0.135. The first-order valence-electron chi connectivity index (χ1n) is 6.22. The number of esters is 1. The number of thioether (sulfide) groups is 1. The van der Waals surface area contributed by atoms with Gasteiger partial charge in [-0.2, -0.15) is 0 Å². The van der Waals surface area contributed by atoms with Gasteiger partial charge in [-0.15, -0.1) is 17.7 Å². The number of benzene rings is 1. The number of rotatable bonds is 6. The standard InChI is InChI=1S/C15H17FO2S/c1-2-3-4-5-8-11-19-14-10-7-6-9-13(14)18-15(17)12-16/h6-7,9-10H,2-4,11-12H2,1H3. The molecule has 1 aromatic rings. The molecule has 0 heterocycles. The Morgan fingerprint density at radius 1 is 1.37 bits per heavy atom. The molecule has 0 bridgehead atoms. The Morgan fingerprint density at radius 2 is 2.16 bits per heavy atom. The lowest BCUT2D eigenvalue weighted by Crippen LogP contribution is -2.10. The number of para-hydroxylation sites is 1. The molecule has 0 atom stereocenters. The fraction of sp³-hybridized carbons (Fsp3) is 0.400. The van der Waals surface area contributed by atoms with Crippen molar-refractivity contribution in [3.05, 3.63) is 24.3 Å². The third-order valence-electron chi connectivity index (χ3n) is 2.26. The third kappa shape index (κ3) is 6.30. The largest absolute Gasteiger partial charge is 0.423 e. The number of unbranched alkanes of at least 4 members (excludes halogenated alkanes) is 2. The Morgan fingerprint density at radius 3 is 2.89 bits per heavy atom. The van der Waals surface area contributed by atoms with Gasteiger partial charge in [-0.05, 0) is 18.6 Å². The maximum Gasteiger partial charge on any atom is 0.342 e. The molecule has 0 saturated carbocycles. The van der Waals surface area contributed by atoms with Crippen LogP contribution in [0.2, 0.25) is 0 Å². The highest BCUT2D eigenvalue weighted by atomic mass is 32.2. The monoisotopic (exact) mass is 280 g/mol. The van der Waals surface area contributed by atoms with Crippen LogP contribution in [0, 0.1) is 11.8 Å². The topological polar surface area (TPSA) is 26.3 Å². The maximum absolute atomic E-state index is 12.1. The highest BCUT2D eigenvalue weighted by Crippen LogP contribution is 2.28. The van der Waals surface area contributed by atoms with Crippen molar-refractivity contribution in [1.29, 1.82) is 0 Å². The number of ether oxygens (including phenoxy) is 1. The molecule has 0 spiro atoms. The minimum atomic E-state index is -1.12. The van der Waals surface area contributed by atoms with E-state index in [-0.39, 0.29) is 0 Å². The van der Waals surface area contributed by atoms with Crippen LogP contribution >= 0.6 is 11.8 Å². The maximum atomic E-state index is 12.1. The fourth-order valence-corrected chi connectivity index (χ4v) is 2.08. The lowest BCUT2D eigenvalue weighted by Gasteiger charge is -2.06. The Kier molecular flexibility index (Phi) is 7.76. The second-order valence-electron chi connectivity index (χ2n) is 3.80. The summed E-state index contributed by atoms with van der Waals surface area (Å²) in [6.07, 6.45) is 3.17. The number of carbonyl (C=O) groups excluding carboxylic acids is 1. The van der Waals surface area contributed by atoms with Gasteiger partial charge in [0.05, 0.1) is 10.6 Å². The van der Waals surface area contributed by atoms with Gasteiger partial charge in [0, 0.05) is 6.42 Å². The normalized spacial score (nSPS) is 9.58. The zero-order valence-electron chi connectivity index (χ0n) is 10.9. The minimum Gasteiger partial charge on any atom is -0.423 e. The molecule has 0 aliphatic rings. The van der Waals surface area contributed by atoms with E-state index in [1.165, 1.54) is 11.8 Å². The molecule has 0 aromatic heterocycles. The summed E-state index contributed by atoms with van der Waals surface area (Å²) in [6.45, 7) is 1.02. The van der Waals surface area contributed by atoms with E-state index in [1.54, 1.807) is 12.1 Å². The van der Waals surface area contributed by atoms with Gasteiger partial charge < -0.3 is 4.74 Å². The molecule has 2 nitrogen and oxygen atoms in total. The molecule has 1 aromatic carbocycles. The Hall–Kier alpha value is -1.47. The predicted octanol–water partition coefficient (Wildman–Crippen LogP) is 3.85. The number of hydrogen-bond acceptors (Lipinski definition) is 3. The molecule has 0 N–H and O–H groups in total. The van der Waals surface area contributed by atoms with Crippen LogP contribution < -0.4 is 4.74 Å². The molecule has 0 aliphatic heterocycles. The second kappa shape index (κ2) is 9.46. The average Bonchev–Trinajstić information content (AvgIpc) is 2.44. The van der Waals surface area contributed by atoms with E-state index in [2.05, 4.69) is 18.8 Å². The van der Waals surface area contributed by atoms with Gasteiger partial charge in [0.1, 0.15) is 5.75 Å². The average molecular weight is 280 g/mol. The summed E-state index contributed by atoms with van der Waals surface area (Å²) >= 11 is 1.48. The van der Waals surface area contributed by atoms with E-state index in [0.29, 0.717) is 11.5 Å². The van der Waals surface area contributed by atoms with Crippen molar-refractivity contribution in [2.45, 2.75) is 31.1 Å². The SMILES string of the molecule is CCCCC#CCSc1ccccc1OC(=O)CF. The van der Waals surface area contributed by atoms with Crippen molar-refractivity contribution in [1.82, 2.24) is 0 Å². The molecule has 1 rings (SSSR count). The van der Waals surface area contributed by atoms with Gasteiger partial charge >= 0.3 is 5.97 Å². The van der Waals surface area contributed by atoms with Crippen LogP contribution in [0.3, 0.4) is 0 Å². The van der Waals surface area contributed by atoms with Crippen molar-refractivity contribution in [3.63, 3.8) is 0 Å². The summed E-state index contributed by atoms with van der Waals surface area (Å²) in [5.41, 5.74) is 0. The van der Waals surface area contributed by atoms with Crippen LogP contribution in [0.4, 0.5) is 4.39 Å². The van der Waals surface area contributed by atoms with Crippen LogP contribution in [-0.4, -0.2) is 18.4 Å². The molecule has 4 heteroatoms. The zero-order chi connectivity index (χ0) is 13.9. The predicted molar refractivity (Wildman–Crippen MR) is 76.1 cm³/mol. The molecular formula is C15H17FO2S. The van der Waals surface area contributed by atoms with Crippen LogP contribution in [0.5, 0.6) is 5.75 Å². The van der Waals surface area contributed by atoms with Crippen molar-refractivity contribution >= 4 is 17.7 Å². The van der Waals surface area contributed by atoms with Gasteiger partial charge in [-0.1, -0.05) is 31.4 Å². The first-order chi connectivity index (χ1) is 9.27. The van der Waals surface area contributed by atoms with E-state index in [9.17, 15) is 9.18 Å². The minimum absolute atomic E-state index is 0.394. The van der Waals surface area contributed by atoms with Crippen LogP contribution in [0.25, 0.3) is 0 Å². The van der Waals surface area contributed by atoms with E-state index in [0.717, 1.165) is 24.2 Å². The van der Waals surface area contributed by atoms with Gasteiger partial charge in [-0.3, -0.25) is 0 Å². The summed E-state index contributed by atoms with van der Waals surface area (Å²) in [4.78, 5) is 11.7. The second-order valence-corrected chi connectivity index (χ2v) is 4.82. The molecule has 0 unspecified atom stereocenters. The van der Waals surface area contributed by atoms with Gasteiger partial charge in [0.15, 0.2) is 6.67 Å². The molecule has 19 heavy (non-hydrogen) atoms. The van der Waals surface area contributed by atoms with Gasteiger partial charge in [-0.25, -0.2) is 9.18 Å². The molecule has 0 saturated heterocycles. The molecule has 0 radical (unpaired) electrons. The first-order valence-corrected chi connectivity index (χ1v) is 7.20. The number of hydrogen-bond donors (Lipinski definition) is 0. The van der Waals surface area contributed by atoms with Crippen molar-refractivity contribution in [2.75, 3.05) is 12.4 Å². The van der Waals surface area contributed by atoms with E-state index in [1.807, 2.05) is 12.1 Å². The molecule has 0 fully saturated rings. The summed E-state index contributed by atoms with van der Waals surface area (Å²) in [5.74, 6) is 6.30. The van der Waals surface area contributed by atoms with Crippen LogP contribution in [-0.2, 0) is 4.79 Å². The third-order valence-corrected chi connectivity index (χ3v) is 3.20. The summed E-state index contributed by atoms with van der Waals surface area (Å²) in [6, 6.07) is 7.08. The lowest BCUT2D eigenvalue weighted by atomic mass is 10.3. The molecular weight excluding hydrogens is 263 g/mol. The zero-order valence-corrected chi connectivity index (χ0v) is 11.8. The van der Waals surface area contributed by atoms with E-state index >= 15 is 0 Å². The van der Waals surface area contributed by atoms with Crippen LogP contribution in [0.1, 0.15) is 26.2 Å². The molecule has 0 aliphatic carbocycles. The highest BCUT2D eigenvalue weighted by Gasteiger charge is 2.08.